The largest absolute Gasteiger partial charge is 0.370 e. The molecule has 3 nitrogen and oxygen atoms in total. The zero-order valence-corrected chi connectivity index (χ0v) is 11.6. The van der Waals surface area contributed by atoms with Crippen LogP contribution in [-0.4, -0.2) is 18.6 Å². The number of anilines is 1. The molecular weight excluding hydrogens is 234 g/mol. The van der Waals surface area contributed by atoms with Gasteiger partial charge in [-0.1, -0.05) is 25.1 Å². The lowest BCUT2D eigenvalue weighted by molar-refractivity contribution is 0.723. The van der Waals surface area contributed by atoms with Crippen LogP contribution in [0.4, 0.5) is 5.69 Å². The van der Waals surface area contributed by atoms with Crippen molar-refractivity contribution >= 4 is 5.69 Å². The average Bonchev–Trinajstić information content (AvgIpc) is 2.46. The van der Waals surface area contributed by atoms with Gasteiger partial charge in [0.1, 0.15) is 0 Å². The van der Waals surface area contributed by atoms with Crippen molar-refractivity contribution < 1.29 is 0 Å². The molecule has 2 rings (SSSR count). The molecular formula is C16H21N3. The lowest BCUT2D eigenvalue weighted by atomic mass is 10.1. The summed E-state index contributed by atoms with van der Waals surface area (Å²) in [5, 5.41) is 3.39. The number of para-hydroxylation sites is 1. The lowest BCUT2D eigenvalue weighted by Crippen LogP contribution is -2.20. The summed E-state index contributed by atoms with van der Waals surface area (Å²) < 4.78 is 0. The SMILES string of the molecule is CCNCc1ccccc1N(C)Cc1ccncc1. The summed E-state index contributed by atoms with van der Waals surface area (Å²) in [4.78, 5) is 6.33. The van der Waals surface area contributed by atoms with E-state index in [0.29, 0.717) is 0 Å². The molecule has 0 radical (unpaired) electrons. The molecule has 1 N–H and O–H groups in total. The van der Waals surface area contributed by atoms with E-state index in [2.05, 4.69) is 65.6 Å². The number of rotatable bonds is 6. The van der Waals surface area contributed by atoms with Gasteiger partial charge in [-0.25, -0.2) is 0 Å². The van der Waals surface area contributed by atoms with Gasteiger partial charge in [-0.2, -0.15) is 0 Å². The van der Waals surface area contributed by atoms with Crippen LogP contribution in [0.3, 0.4) is 0 Å². The average molecular weight is 255 g/mol. The van der Waals surface area contributed by atoms with Crippen molar-refractivity contribution in [1.29, 1.82) is 0 Å². The number of nitrogens with zero attached hydrogens (tertiary/aromatic N) is 2. The maximum atomic E-state index is 4.05. The van der Waals surface area contributed by atoms with E-state index in [0.717, 1.165) is 19.6 Å². The van der Waals surface area contributed by atoms with Crippen molar-refractivity contribution in [1.82, 2.24) is 10.3 Å². The molecule has 0 saturated heterocycles. The quantitative estimate of drug-likeness (QED) is 0.860. The Morgan fingerprint density at radius 1 is 1.11 bits per heavy atom. The summed E-state index contributed by atoms with van der Waals surface area (Å²) in [7, 11) is 2.13. The normalized spacial score (nSPS) is 10.4. The molecule has 19 heavy (non-hydrogen) atoms. The van der Waals surface area contributed by atoms with E-state index in [1.54, 1.807) is 0 Å². The predicted molar refractivity (Wildman–Crippen MR) is 80.2 cm³/mol. The summed E-state index contributed by atoms with van der Waals surface area (Å²) in [6.07, 6.45) is 3.68. The molecule has 2 aromatic rings. The molecule has 1 heterocycles. The van der Waals surface area contributed by atoms with Crippen LogP contribution < -0.4 is 10.2 Å². The molecule has 0 amide bonds. The molecule has 0 bridgehead atoms. The number of pyridine rings is 1. The molecule has 0 aliphatic carbocycles. The third-order valence-electron chi connectivity index (χ3n) is 3.14. The first-order valence-electron chi connectivity index (χ1n) is 6.70. The molecule has 100 valence electrons. The van der Waals surface area contributed by atoms with Crippen molar-refractivity contribution in [2.75, 3.05) is 18.5 Å². The van der Waals surface area contributed by atoms with Crippen LogP contribution in [0.5, 0.6) is 0 Å². The van der Waals surface area contributed by atoms with Crippen molar-refractivity contribution in [2.24, 2.45) is 0 Å². The molecule has 1 aromatic heterocycles. The minimum Gasteiger partial charge on any atom is -0.370 e. The van der Waals surface area contributed by atoms with Crippen LogP contribution in [0, 0.1) is 0 Å². The van der Waals surface area contributed by atoms with E-state index in [-0.39, 0.29) is 0 Å². The van der Waals surface area contributed by atoms with Crippen LogP contribution in [-0.2, 0) is 13.1 Å². The second-order valence-electron chi connectivity index (χ2n) is 4.62. The van der Waals surface area contributed by atoms with Gasteiger partial charge in [0.25, 0.3) is 0 Å². The molecule has 0 fully saturated rings. The maximum absolute atomic E-state index is 4.05. The molecule has 1 aromatic carbocycles. The Balaban J connectivity index is 2.12. The van der Waals surface area contributed by atoms with Crippen molar-refractivity contribution in [3.05, 3.63) is 59.9 Å². The van der Waals surface area contributed by atoms with Crippen LogP contribution in [0.25, 0.3) is 0 Å². The van der Waals surface area contributed by atoms with Crippen molar-refractivity contribution in [3.63, 3.8) is 0 Å². The second-order valence-corrected chi connectivity index (χ2v) is 4.62. The highest BCUT2D eigenvalue weighted by molar-refractivity contribution is 5.53. The van der Waals surface area contributed by atoms with E-state index >= 15 is 0 Å². The van der Waals surface area contributed by atoms with Gasteiger partial charge < -0.3 is 10.2 Å². The summed E-state index contributed by atoms with van der Waals surface area (Å²) in [6, 6.07) is 12.7. The Labute approximate surface area is 115 Å². The molecule has 0 atom stereocenters. The lowest BCUT2D eigenvalue weighted by Gasteiger charge is -2.22. The number of hydrogen-bond acceptors (Lipinski definition) is 3. The Hall–Kier alpha value is -1.87. The van der Waals surface area contributed by atoms with Crippen LogP contribution in [0.2, 0.25) is 0 Å². The van der Waals surface area contributed by atoms with Gasteiger partial charge in [-0.05, 0) is 35.9 Å². The molecule has 0 aliphatic heterocycles. The highest BCUT2D eigenvalue weighted by Crippen LogP contribution is 2.20. The van der Waals surface area contributed by atoms with Crippen molar-refractivity contribution in [2.45, 2.75) is 20.0 Å². The fraction of sp³-hybridized carbons (Fsp3) is 0.312. The van der Waals surface area contributed by atoms with E-state index in [1.165, 1.54) is 16.8 Å². The molecule has 0 aliphatic rings. The van der Waals surface area contributed by atoms with Gasteiger partial charge >= 0.3 is 0 Å². The Morgan fingerprint density at radius 3 is 2.58 bits per heavy atom. The van der Waals surface area contributed by atoms with Gasteiger partial charge in [0.05, 0.1) is 0 Å². The standard InChI is InChI=1S/C16H21N3/c1-3-17-12-15-6-4-5-7-16(15)19(2)13-14-8-10-18-11-9-14/h4-11,17H,3,12-13H2,1-2H3. The summed E-state index contributed by atoms with van der Waals surface area (Å²) in [6.45, 7) is 4.92. The van der Waals surface area contributed by atoms with E-state index in [4.69, 9.17) is 0 Å². The van der Waals surface area contributed by atoms with E-state index in [1.807, 2.05) is 12.4 Å². The van der Waals surface area contributed by atoms with Gasteiger partial charge in [0, 0.05) is 38.2 Å². The minimum atomic E-state index is 0.895. The smallest absolute Gasteiger partial charge is 0.0427 e. The van der Waals surface area contributed by atoms with Crippen LogP contribution in [0.1, 0.15) is 18.1 Å². The molecule has 0 unspecified atom stereocenters. The van der Waals surface area contributed by atoms with Crippen LogP contribution in [0.15, 0.2) is 48.8 Å². The van der Waals surface area contributed by atoms with Crippen LogP contribution >= 0.6 is 0 Å². The van der Waals surface area contributed by atoms with Gasteiger partial charge in [-0.3, -0.25) is 4.98 Å². The zero-order chi connectivity index (χ0) is 13.5. The van der Waals surface area contributed by atoms with Gasteiger partial charge in [-0.15, -0.1) is 0 Å². The zero-order valence-electron chi connectivity index (χ0n) is 11.6. The minimum absolute atomic E-state index is 0.895. The fourth-order valence-electron chi connectivity index (χ4n) is 2.14. The Morgan fingerprint density at radius 2 is 1.84 bits per heavy atom. The number of hydrogen-bond donors (Lipinski definition) is 1. The predicted octanol–water partition coefficient (Wildman–Crippen LogP) is 2.83. The first kappa shape index (κ1) is 13.6. The fourth-order valence-corrected chi connectivity index (χ4v) is 2.14. The highest BCUT2D eigenvalue weighted by atomic mass is 15.1. The van der Waals surface area contributed by atoms with Gasteiger partial charge in [0.15, 0.2) is 0 Å². The highest BCUT2D eigenvalue weighted by Gasteiger charge is 2.06. The molecule has 0 spiro atoms. The van der Waals surface area contributed by atoms with Crippen molar-refractivity contribution in [3.8, 4) is 0 Å². The van der Waals surface area contributed by atoms with Gasteiger partial charge in [0.2, 0.25) is 0 Å². The monoisotopic (exact) mass is 255 g/mol. The maximum Gasteiger partial charge on any atom is 0.0427 e. The third-order valence-corrected chi connectivity index (χ3v) is 3.14. The second kappa shape index (κ2) is 6.90. The summed E-state index contributed by atoms with van der Waals surface area (Å²) in [5.41, 5.74) is 3.89. The third kappa shape index (κ3) is 3.80. The number of nitrogens with one attached hydrogen (secondary N) is 1. The summed E-state index contributed by atoms with van der Waals surface area (Å²) >= 11 is 0. The molecule has 3 heteroatoms. The Kier molecular flexibility index (Phi) is 4.93. The first-order valence-corrected chi connectivity index (χ1v) is 6.70. The van der Waals surface area contributed by atoms with E-state index in [9.17, 15) is 0 Å². The number of aromatic nitrogens is 1. The summed E-state index contributed by atoms with van der Waals surface area (Å²) in [5.74, 6) is 0. The number of benzene rings is 1. The molecule has 0 saturated carbocycles. The van der Waals surface area contributed by atoms with E-state index < -0.39 is 0 Å². The topological polar surface area (TPSA) is 28.2 Å². The first-order chi connectivity index (χ1) is 9.31. The Bertz CT molecular complexity index is 496.